The van der Waals surface area contributed by atoms with Crippen LogP contribution in [0, 0.1) is 13.8 Å². The highest BCUT2D eigenvalue weighted by molar-refractivity contribution is 6.05. The molecule has 138 valence electrons. The molecular weight excluding hydrogens is 350 g/mol. The Kier molecular flexibility index (Phi) is 4.49. The van der Waals surface area contributed by atoms with Crippen LogP contribution in [0.25, 0.3) is 16.6 Å². The van der Waals surface area contributed by atoms with E-state index in [-0.39, 0.29) is 11.5 Å². The standard InChI is InChI=1S/C23H19N3O2/c1-15-7-3-4-8-19(15)22(27)25-17-11-13-18(14-12-17)26-16(2)24-21-10-6-5-9-20(21)23(26)28/h3-14H,1-2H3,(H,25,27). The van der Waals surface area contributed by atoms with Gasteiger partial charge < -0.3 is 5.32 Å². The van der Waals surface area contributed by atoms with Crippen LogP contribution in [0.5, 0.6) is 0 Å². The van der Waals surface area contributed by atoms with Gasteiger partial charge in [-0.05, 0) is 61.9 Å². The minimum Gasteiger partial charge on any atom is -0.322 e. The van der Waals surface area contributed by atoms with E-state index in [1.54, 1.807) is 41.0 Å². The molecule has 0 saturated carbocycles. The molecule has 1 N–H and O–H groups in total. The van der Waals surface area contributed by atoms with Crippen molar-refractivity contribution in [3.05, 3.63) is 100 Å². The van der Waals surface area contributed by atoms with Crippen molar-refractivity contribution >= 4 is 22.5 Å². The number of benzene rings is 3. The van der Waals surface area contributed by atoms with E-state index in [4.69, 9.17) is 0 Å². The fourth-order valence-corrected chi connectivity index (χ4v) is 3.27. The number of hydrogen-bond acceptors (Lipinski definition) is 3. The van der Waals surface area contributed by atoms with Crippen LogP contribution in [0.15, 0.2) is 77.6 Å². The molecule has 0 atom stereocenters. The van der Waals surface area contributed by atoms with Crippen molar-refractivity contribution in [1.29, 1.82) is 0 Å². The summed E-state index contributed by atoms with van der Waals surface area (Å²) in [6, 6.07) is 21.9. The van der Waals surface area contributed by atoms with E-state index < -0.39 is 0 Å². The first-order valence-corrected chi connectivity index (χ1v) is 9.00. The number of nitrogens with one attached hydrogen (secondary N) is 1. The minimum atomic E-state index is -0.161. The van der Waals surface area contributed by atoms with Crippen molar-refractivity contribution in [2.75, 3.05) is 5.32 Å². The molecule has 0 fully saturated rings. The third-order valence-corrected chi connectivity index (χ3v) is 4.72. The topological polar surface area (TPSA) is 64.0 Å². The Morgan fingerprint density at radius 2 is 1.57 bits per heavy atom. The molecule has 0 unspecified atom stereocenters. The molecule has 5 nitrogen and oxygen atoms in total. The Morgan fingerprint density at radius 1 is 0.893 bits per heavy atom. The second kappa shape index (κ2) is 7.12. The summed E-state index contributed by atoms with van der Waals surface area (Å²) in [5, 5.41) is 3.47. The third-order valence-electron chi connectivity index (χ3n) is 4.72. The highest BCUT2D eigenvalue weighted by Gasteiger charge is 2.11. The van der Waals surface area contributed by atoms with Crippen LogP contribution in [0.1, 0.15) is 21.7 Å². The predicted octanol–water partition coefficient (Wildman–Crippen LogP) is 4.25. The summed E-state index contributed by atoms with van der Waals surface area (Å²) < 4.78 is 1.58. The Labute approximate surface area is 162 Å². The second-order valence-corrected chi connectivity index (χ2v) is 6.63. The van der Waals surface area contributed by atoms with Crippen LogP contribution in [0.2, 0.25) is 0 Å². The normalized spacial score (nSPS) is 10.8. The van der Waals surface area contributed by atoms with Gasteiger partial charge in [0.1, 0.15) is 5.82 Å². The molecule has 0 saturated heterocycles. The van der Waals surface area contributed by atoms with Crippen LogP contribution < -0.4 is 10.9 Å². The molecule has 0 radical (unpaired) electrons. The molecule has 0 aliphatic rings. The van der Waals surface area contributed by atoms with Gasteiger partial charge in [0.15, 0.2) is 0 Å². The van der Waals surface area contributed by atoms with Gasteiger partial charge in [-0.2, -0.15) is 0 Å². The summed E-state index contributed by atoms with van der Waals surface area (Å²) in [5.41, 5.74) is 3.49. The highest BCUT2D eigenvalue weighted by Crippen LogP contribution is 2.17. The van der Waals surface area contributed by atoms with Crippen LogP contribution in [-0.4, -0.2) is 15.5 Å². The lowest BCUT2D eigenvalue weighted by Crippen LogP contribution is -2.22. The fraction of sp³-hybridized carbons (Fsp3) is 0.0870. The number of para-hydroxylation sites is 1. The van der Waals surface area contributed by atoms with Gasteiger partial charge in [-0.15, -0.1) is 0 Å². The zero-order chi connectivity index (χ0) is 19.7. The Hall–Kier alpha value is -3.73. The monoisotopic (exact) mass is 369 g/mol. The van der Waals surface area contributed by atoms with Crippen LogP contribution in [0.3, 0.4) is 0 Å². The molecule has 0 aliphatic heterocycles. The van der Waals surface area contributed by atoms with Gasteiger partial charge in [0, 0.05) is 11.3 Å². The Morgan fingerprint density at radius 3 is 2.32 bits per heavy atom. The van der Waals surface area contributed by atoms with E-state index in [2.05, 4.69) is 10.3 Å². The number of anilines is 1. The zero-order valence-electron chi connectivity index (χ0n) is 15.6. The van der Waals surface area contributed by atoms with E-state index >= 15 is 0 Å². The summed E-state index contributed by atoms with van der Waals surface area (Å²) in [5.74, 6) is 0.451. The summed E-state index contributed by atoms with van der Waals surface area (Å²) in [6.45, 7) is 3.71. The van der Waals surface area contributed by atoms with Crippen molar-refractivity contribution < 1.29 is 4.79 Å². The maximum absolute atomic E-state index is 12.9. The van der Waals surface area contributed by atoms with E-state index in [1.807, 2.05) is 50.2 Å². The number of amides is 1. The van der Waals surface area contributed by atoms with E-state index in [1.165, 1.54) is 0 Å². The van der Waals surface area contributed by atoms with Gasteiger partial charge in [-0.25, -0.2) is 4.98 Å². The van der Waals surface area contributed by atoms with E-state index in [9.17, 15) is 9.59 Å². The molecule has 4 rings (SSSR count). The highest BCUT2D eigenvalue weighted by atomic mass is 16.1. The molecular formula is C23H19N3O2. The maximum atomic E-state index is 12.9. The fourth-order valence-electron chi connectivity index (χ4n) is 3.27. The lowest BCUT2D eigenvalue weighted by atomic mass is 10.1. The SMILES string of the molecule is Cc1ccccc1C(=O)Nc1ccc(-n2c(C)nc3ccccc3c2=O)cc1. The van der Waals surface area contributed by atoms with Crippen molar-refractivity contribution in [2.24, 2.45) is 0 Å². The zero-order valence-corrected chi connectivity index (χ0v) is 15.6. The van der Waals surface area contributed by atoms with Gasteiger partial charge in [0.25, 0.3) is 11.5 Å². The first kappa shape index (κ1) is 17.7. The maximum Gasteiger partial charge on any atom is 0.265 e. The molecule has 28 heavy (non-hydrogen) atoms. The number of fused-ring (bicyclic) bond motifs is 1. The number of carbonyl (C=O) groups is 1. The quantitative estimate of drug-likeness (QED) is 0.587. The van der Waals surface area contributed by atoms with Crippen molar-refractivity contribution in [3.63, 3.8) is 0 Å². The lowest BCUT2D eigenvalue weighted by Gasteiger charge is -2.12. The van der Waals surface area contributed by atoms with Crippen LogP contribution >= 0.6 is 0 Å². The number of aryl methyl sites for hydroxylation is 2. The third kappa shape index (κ3) is 3.18. The predicted molar refractivity (Wildman–Crippen MR) is 111 cm³/mol. The molecule has 3 aromatic carbocycles. The minimum absolute atomic E-state index is 0.111. The van der Waals surface area contributed by atoms with E-state index in [0.29, 0.717) is 33.7 Å². The average molecular weight is 369 g/mol. The first-order chi connectivity index (χ1) is 13.5. The number of hydrogen-bond donors (Lipinski definition) is 1. The molecule has 1 heterocycles. The number of rotatable bonds is 3. The Balaban J connectivity index is 1.66. The average Bonchev–Trinajstić information content (AvgIpc) is 2.69. The van der Waals surface area contributed by atoms with Gasteiger partial charge in [-0.3, -0.25) is 14.2 Å². The van der Waals surface area contributed by atoms with Gasteiger partial charge in [-0.1, -0.05) is 30.3 Å². The van der Waals surface area contributed by atoms with Gasteiger partial charge in [0.2, 0.25) is 0 Å². The largest absolute Gasteiger partial charge is 0.322 e. The van der Waals surface area contributed by atoms with Gasteiger partial charge >= 0.3 is 0 Å². The molecule has 1 aromatic heterocycles. The summed E-state index contributed by atoms with van der Waals surface area (Å²) in [6.07, 6.45) is 0. The first-order valence-electron chi connectivity index (χ1n) is 9.00. The molecule has 1 amide bonds. The molecule has 0 spiro atoms. The summed E-state index contributed by atoms with van der Waals surface area (Å²) >= 11 is 0. The van der Waals surface area contributed by atoms with Crippen molar-refractivity contribution in [3.8, 4) is 5.69 Å². The van der Waals surface area contributed by atoms with E-state index in [0.717, 1.165) is 5.56 Å². The number of nitrogens with zero attached hydrogens (tertiary/aromatic N) is 2. The van der Waals surface area contributed by atoms with Crippen molar-refractivity contribution in [1.82, 2.24) is 9.55 Å². The molecule has 0 bridgehead atoms. The Bertz CT molecular complexity index is 1240. The summed E-state index contributed by atoms with van der Waals surface area (Å²) in [7, 11) is 0. The smallest absolute Gasteiger partial charge is 0.265 e. The number of carbonyl (C=O) groups excluding carboxylic acids is 1. The van der Waals surface area contributed by atoms with Crippen LogP contribution in [0.4, 0.5) is 5.69 Å². The van der Waals surface area contributed by atoms with Crippen LogP contribution in [-0.2, 0) is 0 Å². The second-order valence-electron chi connectivity index (χ2n) is 6.63. The van der Waals surface area contributed by atoms with Crippen molar-refractivity contribution in [2.45, 2.75) is 13.8 Å². The van der Waals surface area contributed by atoms with Gasteiger partial charge in [0.05, 0.1) is 16.6 Å². The molecule has 4 aromatic rings. The molecule has 5 heteroatoms. The number of aromatic nitrogens is 2. The molecule has 0 aliphatic carbocycles. The lowest BCUT2D eigenvalue weighted by molar-refractivity contribution is 0.102. The summed E-state index contributed by atoms with van der Waals surface area (Å²) in [4.78, 5) is 29.9.